The summed E-state index contributed by atoms with van der Waals surface area (Å²) < 4.78 is 35.3. The van der Waals surface area contributed by atoms with Crippen LogP contribution >= 0.6 is 0 Å². The number of carbonyl (C=O) groups is 1. The zero-order chi connectivity index (χ0) is 16.9. The Labute approximate surface area is 133 Å². The fraction of sp³-hybridized carbons (Fsp3) is 0.133. The van der Waals surface area contributed by atoms with Gasteiger partial charge in [0.1, 0.15) is 5.82 Å². The van der Waals surface area contributed by atoms with Crippen LogP contribution in [0.5, 0.6) is 0 Å². The lowest BCUT2D eigenvalue weighted by atomic mass is 10.1. The third-order valence-electron chi connectivity index (χ3n) is 3.03. The largest absolute Gasteiger partial charge is 0.338 e. The second-order valence-corrected chi connectivity index (χ2v) is 6.39. The van der Waals surface area contributed by atoms with Gasteiger partial charge >= 0.3 is 6.03 Å². The van der Waals surface area contributed by atoms with Crippen molar-refractivity contribution in [1.29, 1.82) is 0 Å². The van der Waals surface area contributed by atoms with Gasteiger partial charge in [-0.3, -0.25) is 0 Å². The van der Waals surface area contributed by atoms with Gasteiger partial charge in [0.25, 0.3) is 0 Å². The van der Waals surface area contributed by atoms with Gasteiger partial charge in [0, 0.05) is 12.2 Å². The topological polar surface area (TPSA) is 101 Å². The Kier molecular flexibility index (Phi) is 5.30. The van der Waals surface area contributed by atoms with E-state index >= 15 is 0 Å². The van der Waals surface area contributed by atoms with E-state index in [0.29, 0.717) is 18.7 Å². The molecule has 0 radical (unpaired) electrons. The molecule has 2 rings (SSSR count). The fourth-order valence-electron chi connectivity index (χ4n) is 1.90. The van der Waals surface area contributed by atoms with E-state index in [0.717, 1.165) is 5.56 Å². The number of nitrogens with one attached hydrogen (secondary N) is 2. The number of benzene rings is 2. The SMILES string of the molecule is NS(=O)(=O)c1cccc(NC(=O)NCCc2ccc(F)cc2)c1. The zero-order valence-electron chi connectivity index (χ0n) is 12.1. The molecule has 4 N–H and O–H groups in total. The normalized spacial score (nSPS) is 11.0. The van der Waals surface area contributed by atoms with Crippen molar-refractivity contribution >= 4 is 21.7 Å². The van der Waals surface area contributed by atoms with E-state index < -0.39 is 16.1 Å². The quantitative estimate of drug-likeness (QED) is 0.776. The molecule has 0 aliphatic rings. The van der Waals surface area contributed by atoms with Crippen molar-refractivity contribution in [2.45, 2.75) is 11.3 Å². The van der Waals surface area contributed by atoms with Gasteiger partial charge in [-0.25, -0.2) is 22.7 Å². The minimum atomic E-state index is -3.82. The Morgan fingerprint density at radius 3 is 2.48 bits per heavy atom. The average Bonchev–Trinajstić information content (AvgIpc) is 2.49. The van der Waals surface area contributed by atoms with Crippen molar-refractivity contribution < 1.29 is 17.6 Å². The molecule has 0 saturated heterocycles. The van der Waals surface area contributed by atoms with Crippen LogP contribution in [0.1, 0.15) is 5.56 Å². The van der Waals surface area contributed by atoms with E-state index in [1.807, 2.05) is 0 Å². The number of amides is 2. The highest BCUT2D eigenvalue weighted by Crippen LogP contribution is 2.13. The van der Waals surface area contributed by atoms with E-state index in [1.165, 1.54) is 30.3 Å². The lowest BCUT2D eigenvalue weighted by molar-refractivity contribution is 0.252. The number of hydrogen-bond acceptors (Lipinski definition) is 3. The van der Waals surface area contributed by atoms with E-state index in [4.69, 9.17) is 5.14 Å². The molecule has 6 nitrogen and oxygen atoms in total. The number of urea groups is 1. The van der Waals surface area contributed by atoms with Crippen LogP contribution in [0.15, 0.2) is 53.4 Å². The maximum Gasteiger partial charge on any atom is 0.319 e. The molecule has 2 amide bonds. The fourth-order valence-corrected chi connectivity index (χ4v) is 2.46. The van der Waals surface area contributed by atoms with Crippen LogP contribution in [-0.4, -0.2) is 21.0 Å². The predicted octanol–water partition coefficient (Wildman–Crippen LogP) is 1.84. The number of carbonyl (C=O) groups excluding carboxylic acids is 1. The summed E-state index contributed by atoms with van der Waals surface area (Å²) >= 11 is 0. The highest BCUT2D eigenvalue weighted by atomic mass is 32.2. The number of halogens is 1. The van der Waals surface area contributed by atoms with Crippen LogP contribution < -0.4 is 15.8 Å². The molecule has 0 heterocycles. The first-order valence-corrected chi connectivity index (χ1v) is 8.31. The third kappa shape index (κ3) is 5.35. The maximum absolute atomic E-state index is 12.8. The molecular formula is C15H16FN3O3S. The molecular weight excluding hydrogens is 321 g/mol. The summed E-state index contributed by atoms with van der Waals surface area (Å²) in [6.45, 7) is 0.354. The molecule has 0 spiro atoms. The minimum Gasteiger partial charge on any atom is -0.338 e. The monoisotopic (exact) mass is 337 g/mol. The van der Waals surface area contributed by atoms with Crippen LogP contribution in [0.4, 0.5) is 14.9 Å². The standard InChI is InChI=1S/C15H16FN3O3S/c16-12-6-4-11(5-7-12)8-9-18-15(20)19-13-2-1-3-14(10-13)23(17,21)22/h1-7,10H,8-9H2,(H2,17,21,22)(H2,18,19,20). The first-order chi connectivity index (χ1) is 10.8. The summed E-state index contributed by atoms with van der Waals surface area (Å²) in [5.74, 6) is -0.311. The first kappa shape index (κ1) is 16.9. The summed E-state index contributed by atoms with van der Waals surface area (Å²) in [5.41, 5.74) is 1.21. The Morgan fingerprint density at radius 2 is 1.83 bits per heavy atom. The maximum atomic E-state index is 12.8. The molecule has 2 aromatic rings. The number of anilines is 1. The molecule has 122 valence electrons. The van der Waals surface area contributed by atoms with Crippen molar-refractivity contribution in [2.75, 3.05) is 11.9 Å². The summed E-state index contributed by atoms with van der Waals surface area (Å²) in [6.07, 6.45) is 0.547. The van der Waals surface area contributed by atoms with E-state index in [1.54, 1.807) is 18.2 Å². The first-order valence-electron chi connectivity index (χ1n) is 6.77. The van der Waals surface area contributed by atoms with Crippen LogP contribution in [-0.2, 0) is 16.4 Å². The highest BCUT2D eigenvalue weighted by molar-refractivity contribution is 7.89. The molecule has 0 aliphatic heterocycles. The van der Waals surface area contributed by atoms with Crippen molar-refractivity contribution in [3.05, 3.63) is 59.9 Å². The Balaban J connectivity index is 1.86. The van der Waals surface area contributed by atoms with Gasteiger partial charge in [-0.2, -0.15) is 0 Å². The van der Waals surface area contributed by atoms with Gasteiger partial charge in [-0.15, -0.1) is 0 Å². The smallest absolute Gasteiger partial charge is 0.319 e. The third-order valence-corrected chi connectivity index (χ3v) is 3.94. The van der Waals surface area contributed by atoms with Gasteiger partial charge in [0.2, 0.25) is 10.0 Å². The van der Waals surface area contributed by atoms with Gasteiger partial charge in [-0.1, -0.05) is 18.2 Å². The van der Waals surface area contributed by atoms with E-state index in [9.17, 15) is 17.6 Å². The summed E-state index contributed by atoms with van der Waals surface area (Å²) in [5, 5.41) is 10.2. The molecule has 23 heavy (non-hydrogen) atoms. The van der Waals surface area contributed by atoms with Crippen molar-refractivity contribution in [1.82, 2.24) is 5.32 Å². The Morgan fingerprint density at radius 1 is 1.13 bits per heavy atom. The summed E-state index contributed by atoms with van der Waals surface area (Å²) in [6, 6.07) is 11.2. The molecule has 0 unspecified atom stereocenters. The van der Waals surface area contributed by atoms with Gasteiger partial charge in [-0.05, 0) is 42.3 Å². The number of primary sulfonamides is 1. The lowest BCUT2D eigenvalue weighted by Crippen LogP contribution is -2.30. The van der Waals surface area contributed by atoms with Crippen LogP contribution in [0, 0.1) is 5.82 Å². The van der Waals surface area contributed by atoms with Crippen molar-refractivity contribution in [2.24, 2.45) is 5.14 Å². The molecule has 0 atom stereocenters. The molecule has 2 aromatic carbocycles. The molecule has 0 aliphatic carbocycles. The highest BCUT2D eigenvalue weighted by Gasteiger charge is 2.09. The lowest BCUT2D eigenvalue weighted by Gasteiger charge is -2.08. The Bertz CT molecular complexity index is 792. The predicted molar refractivity (Wildman–Crippen MR) is 84.9 cm³/mol. The number of nitrogens with two attached hydrogens (primary N) is 1. The minimum absolute atomic E-state index is 0.0818. The number of sulfonamides is 1. The average molecular weight is 337 g/mol. The van der Waals surface area contributed by atoms with Gasteiger partial charge in [0.15, 0.2) is 0 Å². The number of rotatable bonds is 5. The van der Waals surface area contributed by atoms with E-state index in [-0.39, 0.29) is 10.7 Å². The second kappa shape index (κ2) is 7.21. The Hall–Kier alpha value is -2.45. The summed E-state index contributed by atoms with van der Waals surface area (Å²) in [4.78, 5) is 11.7. The van der Waals surface area contributed by atoms with Crippen molar-refractivity contribution in [3.8, 4) is 0 Å². The second-order valence-electron chi connectivity index (χ2n) is 4.83. The zero-order valence-corrected chi connectivity index (χ0v) is 12.9. The molecule has 8 heteroatoms. The van der Waals surface area contributed by atoms with Crippen LogP contribution in [0.3, 0.4) is 0 Å². The van der Waals surface area contributed by atoms with Gasteiger partial charge in [0.05, 0.1) is 4.90 Å². The molecule has 0 bridgehead atoms. The van der Waals surface area contributed by atoms with Crippen LogP contribution in [0.25, 0.3) is 0 Å². The van der Waals surface area contributed by atoms with Crippen molar-refractivity contribution in [3.63, 3.8) is 0 Å². The van der Waals surface area contributed by atoms with Gasteiger partial charge < -0.3 is 10.6 Å². The molecule has 0 fully saturated rings. The van der Waals surface area contributed by atoms with Crippen LogP contribution in [0.2, 0.25) is 0 Å². The molecule has 0 aromatic heterocycles. The number of hydrogen-bond donors (Lipinski definition) is 3. The van der Waals surface area contributed by atoms with E-state index in [2.05, 4.69) is 10.6 Å². The molecule has 0 saturated carbocycles. The summed E-state index contributed by atoms with van der Waals surface area (Å²) in [7, 11) is -3.82.